The van der Waals surface area contributed by atoms with Crippen LogP contribution in [-0.4, -0.2) is 86.5 Å². The van der Waals surface area contributed by atoms with E-state index in [2.05, 4.69) is 21.6 Å². The van der Waals surface area contributed by atoms with Gasteiger partial charge in [0.2, 0.25) is 0 Å². The maximum absolute atomic E-state index is 10.3. The van der Waals surface area contributed by atoms with Crippen molar-refractivity contribution in [3.63, 3.8) is 0 Å². The van der Waals surface area contributed by atoms with Gasteiger partial charge >= 0.3 is 11.9 Å². The second kappa shape index (κ2) is 34.7. The molecule has 10 heteroatoms. The number of aliphatic carboxylic acids is 2. The summed E-state index contributed by atoms with van der Waals surface area (Å²) in [6.07, 6.45) is 23.3. The summed E-state index contributed by atoms with van der Waals surface area (Å²) >= 11 is 0. The molecule has 0 aliphatic heterocycles. The van der Waals surface area contributed by atoms with Crippen LogP contribution in [0.4, 0.5) is 0 Å². The van der Waals surface area contributed by atoms with Crippen molar-refractivity contribution in [2.45, 2.75) is 116 Å². The van der Waals surface area contributed by atoms with Crippen LogP contribution in [0.5, 0.6) is 0 Å². The first-order valence-corrected chi connectivity index (χ1v) is 18.1. The molecule has 238 valence electrons. The molecule has 8 nitrogen and oxygen atoms in total. The maximum atomic E-state index is 10.3. The Morgan fingerprint density at radius 3 is 0.975 bits per heavy atom. The van der Waals surface area contributed by atoms with E-state index >= 15 is 0 Å². The molecule has 0 aliphatic rings. The molecule has 0 radical (unpaired) electrons. The Kier molecular flexibility index (Phi) is 34.2. The minimum atomic E-state index is -0.938. The molecule has 40 heavy (non-hydrogen) atoms. The fourth-order valence-electron chi connectivity index (χ4n) is 4.08. The maximum Gasteiger partial charge on any atom is 0.329 e. The second-order valence-electron chi connectivity index (χ2n) is 10.1. The average Bonchev–Trinajstić information content (AvgIpc) is 2.93. The summed E-state index contributed by atoms with van der Waals surface area (Å²) in [5, 5.41) is 16.9. The third-order valence-electron chi connectivity index (χ3n) is 6.31. The first kappa shape index (κ1) is 39.5. The molecule has 0 saturated heterocycles. The Hall–Kier alpha value is -0.520. The molecule has 0 spiro atoms. The third-order valence-corrected chi connectivity index (χ3v) is 8.89. The third kappa shape index (κ3) is 37.5. The number of carboxylic acid groups (broad SMARTS) is 2. The van der Waals surface area contributed by atoms with Gasteiger partial charge in [-0.05, 0) is 25.7 Å². The fourth-order valence-corrected chi connectivity index (χ4v) is 6.38. The van der Waals surface area contributed by atoms with Gasteiger partial charge in [0.05, 0.1) is 26.4 Å². The smallest absolute Gasteiger partial charge is 0.329 e. The van der Waals surface area contributed by atoms with E-state index < -0.39 is 11.9 Å². The fraction of sp³-hybridized carbons (Fsp3) is 0.933. The van der Waals surface area contributed by atoms with E-state index in [1.54, 1.807) is 0 Å². The van der Waals surface area contributed by atoms with E-state index in [1.807, 2.05) is 0 Å². The Morgan fingerprint density at radius 2 is 0.650 bits per heavy atom. The summed E-state index contributed by atoms with van der Waals surface area (Å²) in [5.41, 5.74) is 0. The average molecular weight is 611 g/mol. The summed E-state index contributed by atoms with van der Waals surface area (Å²) in [4.78, 5) is 20.6. The zero-order valence-electron chi connectivity index (χ0n) is 25.0. The van der Waals surface area contributed by atoms with Crippen molar-refractivity contribution in [2.24, 2.45) is 0 Å². The van der Waals surface area contributed by atoms with Crippen LogP contribution in [-0.2, 0) is 28.5 Å². The van der Waals surface area contributed by atoms with Crippen molar-refractivity contribution in [3.8, 4) is 0 Å². The largest absolute Gasteiger partial charge is 0.480 e. The lowest BCUT2D eigenvalue weighted by atomic mass is 10.1. The predicted molar refractivity (Wildman–Crippen MR) is 167 cm³/mol. The van der Waals surface area contributed by atoms with E-state index in [4.69, 9.17) is 29.2 Å². The van der Waals surface area contributed by atoms with Gasteiger partial charge in [-0.2, -0.15) is 0 Å². The van der Waals surface area contributed by atoms with Crippen LogP contribution < -0.4 is 0 Å². The molecular formula is C30H58O8S2. The standard InChI is InChI=1S/C30H58O8S2/c31-29(32)27-37-23-21-35-19-15-11-7-3-1-5-9-13-17-25-39-40-26-18-14-10-6-2-4-8-12-16-20-36-22-24-38-28-30(33)34/h1-28H2,(H,31,32)(H,33,34). The first-order chi connectivity index (χ1) is 19.6. The molecule has 0 fully saturated rings. The molecule has 0 saturated carbocycles. The lowest BCUT2D eigenvalue weighted by Gasteiger charge is -2.05. The van der Waals surface area contributed by atoms with Crippen LogP contribution in [0.1, 0.15) is 116 Å². The molecule has 2 N–H and O–H groups in total. The van der Waals surface area contributed by atoms with Crippen LogP contribution in [0.3, 0.4) is 0 Å². The van der Waals surface area contributed by atoms with Crippen molar-refractivity contribution >= 4 is 33.5 Å². The quantitative estimate of drug-likeness (QED) is 0.0549. The van der Waals surface area contributed by atoms with Crippen LogP contribution in [0.15, 0.2) is 0 Å². The van der Waals surface area contributed by atoms with Crippen LogP contribution in [0, 0.1) is 0 Å². The predicted octanol–water partition coefficient (Wildman–Crippen LogP) is 7.63. The summed E-state index contributed by atoms with van der Waals surface area (Å²) in [7, 11) is 4.12. The van der Waals surface area contributed by atoms with Crippen LogP contribution >= 0.6 is 21.6 Å². The van der Waals surface area contributed by atoms with Gasteiger partial charge in [0.15, 0.2) is 0 Å². The molecule has 0 aromatic heterocycles. The highest BCUT2D eigenvalue weighted by Crippen LogP contribution is 2.25. The molecule has 0 aromatic rings. The first-order valence-electron chi connectivity index (χ1n) is 15.6. The van der Waals surface area contributed by atoms with Gasteiger partial charge in [-0.15, -0.1) is 0 Å². The number of rotatable bonds is 35. The summed E-state index contributed by atoms with van der Waals surface area (Å²) in [5.74, 6) is 0.699. The number of hydrogen-bond donors (Lipinski definition) is 2. The second-order valence-corrected chi connectivity index (χ2v) is 12.8. The Morgan fingerprint density at radius 1 is 0.375 bits per heavy atom. The SMILES string of the molecule is O=C(O)COCCOCCCCCCCCCCCSSCCCCCCCCCCCOCCOCC(=O)O. The molecule has 0 heterocycles. The highest BCUT2D eigenvalue weighted by atomic mass is 33.1. The van der Waals surface area contributed by atoms with E-state index in [0.717, 1.165) is 26.1 Å². The summed E-state index contributed by atoms with van der Waals surface area (Å²) in [6.45, 7) is 2.64. The van der Waals surface area contributed by atoms with Crippen LogP contribution in [0.25, 0.3) is 0 Å². The molecule has 0 rings (SSSR count). The number of carbonyl (C=O) groups is 2. The van der Waals surface area contributed by atoms with Crippen molar-refractivity contribution in [1.82, 2.24) is 0 Å². The van der Waals surface area contributed by atoms with Crippen molar-refractivity contribution in [1.29, 1.82) is 0 Å². The normalized spacial score (nSPS) is 11.3. The molecular weight excluding hydrogens is 552 g/mol. The minimum absolute atomic E-state index is 0.247. The molecule has 0 atom stereocenters. The van der Waals surface area contributed by atoms with Gasteiger partial charge in [-0.3, -0.25) is 0 Å². The molecule has 0 aromatic carbocycles. The van der Waals surface area contributed by atoms with Gasteiger partial charge in [0.1, 0.15) is 13.2 Å². The van der Waals surface area contributed by atoms with Gasteiger partial charge in [-0.1, -0.05) is 111 Å². The van der Waals surface area contributed by atoms with E-state index in [1.165, 1.54) is 114 Å². The van der Waals surface area contributed by atoms with E-state index in [0.29, 0.717) is 26.4 Å². The highest BCUT2D eigenvalue weighted by molar-refractivity contribution is 8.76. The summed E-state index contributed by atoms with van der Waals surface area (Å²) in [6, 6.07) is 0. The number of unbranched alkanes of at least 4 members (excludes halogenated alkanes) is 16. The molecule has 0 amide bonds. The number of carboxylic acids is 2. The van der Waals surface area contributed by atoms with Crippen LogP contribution in [0.2, 0.25) is 0 Å². The Bertz CT molecular complexity index is 494. The Balaban J connectivity index is 3.04. The van der Waals surface area contributed by atoms with Gasteiger partial charge < -0.3 is 29.2 Å². The zero-order valence-corrected chi connectivity index (χ0v) is 26.6. The van der Waals surface area contributed by atoms with E-state index in [9.17, 15) is 9.59 Å². The zero-order chi connectivity index (χ0) is 29.2. The summed E-state index contributed by atoms with van der Waals surface area (Å²) < 4.78 is 20.7. The van der Waals surface area contributed by atoms with E-state index in [-0.39, 0.29) is 13.2 Å². The van der Waals surface area contributed by atoms with Crippen molar-refractivity contribution < 1.29 is 38.7 Å². The Labute approximate surface area is 251 Å². The number of ether oxygens (including phenoxy) is 4. The van der Waals surface area contributed by atoms with Gasteiger partial charge in [0.25, 0.3) is 0 Å². The van der Waals surface area contributed by atoms with Gasteiger partial charge in [0, 0.05) is 24.7 Å². The molecule has 0 bridgehead atoms. The monoisotopic (exact) mass is 610 g/mol. The topological polar surface area (TPSA) is 112 Å². The lowest BCUT2D eigenvalue weighted by molar-refractivity contribution is -0.143. The number of hydrogen-bond acceptors (Lipinski definition) is 8. The van der Waals surface area contributed by atoms with Gasteiger partial charge in [-0.25, -0.2) is 9.59 Å². The molecule has 0 unspecified atom stereocenters. The lowest BCUT2D eigenvalue weighted by Crippen LogP contribution is -2.11. The highest BCUT2D eigenvalue weighted by Gasteiger charge is 1.99. The van der Waals surface area contributed by atoms with Crippen molar-refractivity contribution in [2.75, 3.05) is 64.4 Å². The molecule has 0 aliphatic carbocycles. The minimum Gasteiger partial charge on any atom is -0.480 e. The van der Waals surface area contributed by atoms with Crippen molar-refractivity contribution in [3.05, 3.63) is 0 Å².